The number of anilines is 1. The van der Waals surface area contributed by atoms with Crippen LogP contribution in [0.1, 0.15) is 49.2 Å². The van der Waals surface area contributed by atoms with Gasteiger partial charge >= 0.3 is 0 Å². The number of rotatable bonds is 8. The fourth-order valence-electron chi connectivity index (χ4n) is 6.13. The number of nitrogens with one attached hydrogen (secondary N) is 1. The van der Waals surface area contributed by atoms with Gasteiger partial charge in [0.2, 0.25) is 17.5 Å². The van der Waals surface area contributed by atoms with E-state index in [4.69, 9.17) is 16.4 Å². The number of aromatic nitrogens is 10. The van der Waals surface area contributed by atoms with E-state index in [0.29, 0.717) is 63.8 Å². The van der Waals surface area contributed by atoms with Crippen molar-refractivity contribution < 1.29 is 14.4 Å². The minimum atomic E-state index is -0.407. The molecule has 1 N–H and O–H groups in total. The fourth-order valence-corrected chi connectivity index (χ4v) is 6.30. The molecule has 0 spiro atoms. The topological polar surface area (TPSA) is 176 Å². The average molecular weight is 720 g/mol. The molecular formula is C35H34ClN13O3. The Hall–Kier alpha value is -6.29. The molecule has 2 unspecified atom stereocenters. The van der Waals surface area contributed by atoms with Crippen LogP contribution in [0.5, 0.6) is 0 Å². The van der Waals surface area contributed by atoms with Gasteiger partial charge in [-0.15, -0.1) is 10.2 Å². The molecule has 2 atom stereocenters. The standard InChI is InChI=1S/C35H34ClN13O3/c1-21-7-5-9-31(28-15-22(12-14-38-28)33-29(41-35(21)51)18-40-47(33)4)46(3)32(50)17-27(37-2)25-16-23(36)10-11-30(25)48-19-24(42-44-48)20-52-49-34-26(43-45-49)8-6-13-39-34/h6,8,10-19,21,31H,2,5,7,9,20H2,1,3-4H3,(H,41,51). The van der Waals surface area contributed by atoms with E-state index in [1.165, 1.54) is 10.9 Å². The van der Waals surface area contributed by atoms with Gasteiger partial charge in [-0.1, -0.05) is 35.0 Å². The predicted octanol–water partition coefficient (Wildman–Crippen LogP) is 4.48. The molecule has 1 aliphatic rings. The summed E-state index contributed by atoms with van der Waals surface area (Å²) in [5.74, 6) is -0.660. The van der Waals surface area contributed by atoms with Crippen molar-refractivity contribution in [1.82, 2.24) is 54.8 Å². The van der Waals surface area contributed by atoms with Crippen LogP contribution < -0.4 is 10.2 Å². The number of halogens is 1. The molecule has 6 aromatic rings. The molecule has 17 heteroatoms. The van der Waals surface area contributed by atoms with Crippen molar-refractivity contribution in [2.45, 2.75) is 38.8 Å². The lowest BCUT2D eigenvalue weighted by atomic mass is 9.96. The maximum absolute atomic E-state index is 14.1. The van der Waals surface area contributed by atoms with Crippen molar-refractivity contribution in [2.75, 3.05) is 12.4 Å². The Labute approximate surface area is 302 Å². The third-order valence-electron chi connectivity index (χ3n) is 8.94. The van der Waals surface area contributed by atoms with Crippen molar-refractivity contribution in [1.29, 1.82) is 0 Å². The molecule has 0 radical (unpaired) electrons. The highest BCUT2D eigenvalue weighted by Crippen LogP contribution is 2.34. The van der Waals surface area contributed by atoms with Crippen molar-refractivity contribution in [2.24, 2.45) is 18.0 Å². The zero-order valence-corrected chi connectivity index (χ0v) is 29.3. The molecular weight excluding hydrogens is 686 g/mol. The molecule has 1 aliphatic heterocycles. The average Bonchev–Trinajstić information content (AvgIpc) is 3.89. The molecule has 0 aliphatic carbocycles. The second kappa shape index (κ2) is 14.5. The second-order valence-corrected chi connectivity index (χ2v) is 12.8. The number of nitrogens with zero attached hydrogens (tertiary/aromatic N) is 12. The molecule has 16 nitrogen and oxygen atoms in total. The van der Waals surface area contributed by atoms with Gasteiger partial charge < -0.3 is 15.1 Å². The lowest BCUT2D eigenvalue weighted by Crippen LogP contribution is -2.31. The molecule has 5 aromatic heterocycles. The number of fused-ring (bicyclic) bond motifs is 5. The molecule has 0 saturated heterocycles. The Morgan fingerprint density at radius 2 is 2.02 bits per heavy atom. The summed E-state index contributed by atoms with van der Waals surface area (Å²) in [7, 11) is 3.55. The third kappa shape index (κ3) is 6.87. The summed E-state index contributed by atoms with van der Waals surface area (Å²) < 4.78 is 3.26. The van der Waals surface area contributed by atoms with E-state index in [-0.39, 0.29) is 30.0 Å². The van der Waals surface area contributed by atoms with Crippen molar-refractivity contribution in [3.05, 3.63) is 95.3 Å². The predicted molar refractivity (Wildman–Crippen MR) is 193 cm³/mol. The Kier molecular flexibility index (Phi) is 9.54. The van der Waals surface area contributed by atoms with E-state index in [1.807, 2.05) is 26.1 Å². The number of aryl methyl sites for hydroxylation is 1. The van der Waals surface area contributed by atoms with Crippen LogP contribution >= 0.6 is 11.6 Å². The Morgan fingerprint density at radius 1 is 1.15 bits per heavy atom. The second-order valence-electron chi connectivity index (χ2n) is 12.4. The van der Waals surface area contributed by atoms with Crippen LogP contribution in [0, 0.1) is 5.92 Å². The Morgan fingerprint density at radius 3 is 2.87 bits per heavy atom. The van der Waals surface area contributed by atoms with Gasteiger partial charge in [0.25, 0.3) is 0 Å². The van der Waals surface area contributed by atoms with E-state index >= 15 is 0 Å². The number of aliphatic imine (C=N–C) groups is 1. The maximum atomic E-state index is 14.1. The van der Waals surface area contributed by atoms with Crippen LogP contribution in [0.4, 0.5) is 5.69 Å². The summed E-state index contributed by atoms with van der Waals surface area (Å²) in [6, 6.07) is 12.1. The minimum absolute atomic E-state index is 0.0334. The molecule has 7 rings (SSSR count). The van der Waals surface area contributed by atoms with Crippen molar-refractivity contribution in [3.63, 3.8) is 0 Å². The van der Waals surface area contributed by atoms with Gasteiger partial charge in [0.05, 0.1) is 46.9 Å². The molecule has 0 fully saturated rings. The van der Waals surface area contributed by atoms with Crippen molar-refractivity contribution in [3.8, 4) is 16.9 Å². The van der Waals surface area contributed by atoms with Crippen LogP contribution in [0.25, 0.3) is 33.8 Å². The number of hydrogen-bond donors (Lipinski definition) is 1. The van der Waals surface area contributed by atoms with E-state index in [2.05, 4.69) is 52.7 Å². The maximum Gasteiger partial charge on any atom is 0.249 e. The zero-order valence-electron chi connectivity index (χ0n) is 28.6. The summed E-state index contributed by atoms with van der Waals surface area (Å²) in [6.45, 7) is 5.70. The molecule has 6 heterocycles. The van der Waals surface area contributed by atoms with Crippen LogP contribution in [0.3, 0.4) is 0 Å². The summed E-state index contributed by atoms with van der Waals surface area (Å²) in [5, 5.41) is 24.4. The quantitative estimate of drug-likeness (QED) is 0.174. The van der Waals surface area contributed by atoms with Crippen molar-refractivity contribution >= 4 is 52.7 Å². The number of carbonyl (C=O) groups excluding carboxylic acids is 2. The number of pyridine rings is 2. The largest absolute Gasteiger partial charge is 0.387 e. The molecule has 264 valence electrons. The first-order valence-corrected chi connectivity index (χ1v) is 16.8. The third-order valence-corrected chi connectivity index (χ3v) is 9.17. The first-order valence-electron chi connectivity index (χ1n) is 16.5. The Bertz CT molecular complexity index is 2330. The van der Waals surface area contributed by atoms with Gasteiger partial charge in [-0.2, -0.15) is 5.10 Å². The number of amides is 2. The lowest BCUT2D eigenvalue weighted by molar-refractivity contribution is -0.127. The summed E-state index contributed by atoms with van der Waals surface area (Å²) >= 11 is 6.46. The lowest BCUT2D eigenvalue weighted by Gasteiger charge is -2.28. The summed E-state index contributed by atoms with van der Waals surface area (Å²) in [4.78, 5) is 48.9. The SMILES string of the molecule is C=NC(=CC(=O)N(C)C1CCCC(C)C(=O)Nc2cnn(C)c2-c2ccnc1c2)c1cc(Cl)ccc1-n1cc(COn2nnc3cccnc32)nn1. The fraction of sp³-hybridized carbons (Fsp3) is 0.257. The first-order chi connectivity index (χ1) is 25.2. The smallest absolute Gasteiger partial charge is 0.249 e. The molecule has 0 saturated carbocycles. The molecule has 1 aromatic carbocycles. The number of hydrogen-bond acceptors (Lipinski definition) is 11. The van der Waals surface area contributed by atoms with Crippen LogP contribution in [-0.2, 0) is 23.2 Å². The number of benzene rings is 1. The highest BCUT2D eigenvalue weighted by Gasteiger charge is 2.26. The van der Waals surface area contributed by atoms with E-state index in [9.17, 15) is 9.59 Å². The normalized spacial score (nSPS) is 16.4. The molecule has 52 heavy (non-hydrogen) atoms. The molecule has 2 amide bonds. The first kappa shape index (κ1) is 34.2. The van der Waals surface area contributed by atoms with Crippen LogP contribution in [-0.4, -0.2) is 80.4 Å². The van der Waals surface area contributed by atoms with E-state index in [0.717, 1.165) is 11.3 Å². The van der Waals surface area contributed by atoms with Crippen LogP contribution in [0.15, 0.2) is 78.3 Å². The van der Waals surface area contributed by atoms with Gasteiger partial charge in [-0.25, -0.2) is 9.67 Å². The summed E-state index contributed by atoms with van der Waals surface area (Å²) in [6.07, 6.45) is 9.96. The van der Waals surface area contributed by atoms with Gasteiger partial charge in [0.15, 0.2) is 6.61 Å². The molecule has 2 bridgehead atoms. The van der Waals surface area contributed by atoms with E-state index < -0.39 is 6.04 Å². The number of likely N-dealkylation sites (N-methyl/N-ethyl adjacent to an activating group) is 1. The van der Waals surface area contributed by atoms with Gasteiger partial charge in [0.1, 0.15) is 11.2 Å². The van der Waals surface area contributed by atoms with E-state index in [1.54, 1.807) is 76.4 Å². The minimum Gasteiger partial charge on any atom is -0.387 e. The van der Waals surface area contributed by atoms with Gasteiger partial charge in [0, 0.05) is 54.6 Å². The zero-order chi connectivity index (χ0) is 36.4. The number of carbonyl (C=O) groups is 2. The summed E-state index contributed by atoms with van der Waals surface area (Å²) in [5.41, 5.74) is 5.80. The van der Waals surface area contributed by atoms with Gasteiger partial charge in [-0.05, 0) is 67.2 Å². The van der Waals surface area contributed by atoms with Gasteiger partial charge in [-0.3, -0.25) is 24.2 Å². The van der Waals surface area contributed by atoms with Crippen LogP contribution in [0.2, 0.25) is 5.02 Å². The monoisotopic (exact) mass is 719 g/mol. The highest BCUT2D eigenvalue weighted by molar-refractivity contribution is 6.30. The Balaban J connectivity index is 1.16. The highest BCUT2D eigenvalue weighted by atomic mass is 35.5.